The predicted molar refractivity (Wildman–Crippen MR) is 106 cm³/mol. The zero-order valence-electron chi connectivity index (χ0n) is 15.4. The van der Waals surface area contributed by atoms with Crippen LogP contribution in [-0.4, -0.2) is 24.3 Å². The molecular weight excluding hydrogens is 330 g/mol. The number of hydrogen-bond acceptors (Lipinski definition) is 3. The summed E-state index contributed by atoms with van der Waals surface area (Å²) in [5.74, 6) is 1.90. The molecule has 0 spiro atoms. The van der Waals surface area contributed by atoms with Crippen molar-refractivity contribution in [1.29, 1.82) is 0 Å². The van der Waals surface area contributed by atoms with E-state index in [-0.39, 0.29) is 5.91 Å². The van der Waals surface area contributed by atoms with E-state index in [1.165, 1.54) is 10.5 Å². The SMILES string of the molecule is Cc1ccc(SCCNC(=O)C(C)Oc2ccccc2C(C)C)cc1. The van der Waals surface area contributed by atoms with Gasteiger partial charge < -0.3 is 10.1 Å². The second-order valence-corrected chi connectivity index (χ2v) is 7.57. The van der Waals surface area contributed by atoms with Crippen LogP contribution in [0, 0.1) is 6.92 Å². The highest BCUT2D eigenvalue weighted by Crippen LogP contribution is 2.26. The molecular formula is C21H27NO2S. The first-order valence-electron chi connectivity index (χ1n) is 8.70. The topological polar surface area (TPSA) is 38.3 Å². The predicted octanol–water partition coefficient (Wildman–Crippen LogP) is 4.79. The summed E-state index contributed by atoms with van der Waals surface area (Å²) < 4.78 is 5.88. The van der Waals surface area contributed by atoms with Crippen LogP contribution in [0.4, 0.5) is 0 Å². The van der Waals surface area contributed by atoms with Crippen LogP contribution < -0.4 is 10.1 Å². The number of para-hydroxylation sites is 1. The van der Waals surface area contributed by atoms with Gasteiger partial charge >= 0.3 is 0 Å². The summed E-state index contributed by atoms with van der Waals surface area (Å²) in [6.45, 7) is 8.73. The zero-order chi connectivity index (χ0) is 18.2. The minimum Gasteiger partial charge on any atom is -0.481 e. The largest absolute Gasteiger partial charge is 0.481 e. The van der Waals surface area contributed by atoms with E-state index >= 15 is 0 Å². The molecule has 0 aliphatic carbocycles. The van der Waals surface area contributed by atoms with Crippen molar-refractivity contribution in [3.8, 4) is 5.75 Å². The van der Waals surface area contributed by atoms with Crippen molar-refractivity contribution >= 4 is 17.7 Å². The Morgan fingerprint density at radius 1 is 1.08 bits per heavy atom. The third kappa shape index (κ3) is 6.13. The molecule has 4 heteroatoms. The number of thioether (sulfide) groups is 1. The first kappa shape index (κ1) is 19.4. The fraction of sp³-hybridized carbons (Fsp3) is 0.381. The first-order chi connectivity index (χ1) is 12.0. The summed E-state index contributed by atoms with van der Waals surface area (Å²) in [5, 5.41) is 2.95. The van der Waals surface area contributed by atoms with Gasteiger partial charge in [0.1, 0.15) is 5.75 Å². The van der Waals surface area contributed by atoms with Crippen LogP contribution in [0.15, 0.2) is 53.4 Å². The van der Waals surface area contributed by atoms with Gasteiger partial charge in [0.15, 0.2) is 6.10 Å². The molecule has 0 radical (unpaired) electrons. The minimum atomic E-state index is -0.510. The molecule has 0 heterocycles. The Kier molecular flexibility index (Phi) is 7.38. The number of rotatable bonds is 8. The summed E-state index contributed by atoms with van der Waals surface area (Å²) in [7, 11) is 0. The van der Waals surface area contributed by atoms with Crippen LogP contribution >= 0.6 is 11.8 Å². The average Bonchev–Trinajstić information content (AvgIpc) is 2.60. The minimum absolute atomic E-state index is 0.0805. The lowest BCUT2D eigenvalue weighted by Gasteiger charge is -2.18. The molecule has 0 bridgehead atoms. The molecule has 0 aliphatic heterocycles. The Balaban J connectivity index is 1.78. The lowest BCUT2D eigenvalue weighted by Crippen LogP contribution is -2.37. The van der Waals surface area contributed by atoms with Gasteiger partial charge in [0.2, 0.25) is 0 Å². The highest BCUT2D eigenvalue weighted by atomic mass is 32.2. The number of amides is 1. The highest BCUT2D eigenvalue weighted by Gasteiger charge is 2.16. The average molecular weight is 358 g/mol. The molecule has 0 saturated heterocycles. The van der Waals surface area contributed by atoms with Gasteiger partial charge in [-0.15, -0.1) is 11.8 Å². The second kappa shape index (κ2) is 9.52. The molecule has 134 valence electrons. The number of aryl methyl sites for hydroxylation is 1. The van der Waals surface area contributed by atoms with Gasteiger partial charge in [-0.1, -0.05) is 49.7 Å². The van der Waals surface area contributed by atoms with E-state index in [9.17, 15) is 4.79 Å². The molecule has 2 aromatic rings. The van der Waals surface area contributed by atoms with Gasteiger partial charge in [-0.2, -0.15) is 0 Å². The molecule has 0 aromatic heterocycles. The fourth-order valence-corrected chi connectivity index (χ4v) is 3.20. The van der Waals surface area contributed by atoms with Gasteiger partial charge in [-0.25, -0.2) is 0 Å². The number of ether oxygens (including phenoxy) is 1. The van der Waals surface area contributed by atoms with Crippen LogP contribution in [0.3, 0.4) is 0 Å². The Morgan fingerprint density at radius 3 is 2.44 bits per heavy atom. The third-order valence-electron chi connectivity index (χ3n) is 3.90. The van der Waals surface area contributed by atoms with E-state index in [2.05, 4.69) is 50.4 Å². The molecule has 2 rings (SSSR count). The standard InChI is InChI=1S/C21H27NO2S/c1-15(2)19-7-5-6-8-20(19)24-17(4)21(23)22-13-14-25-18-11-9-16(3)10-12-18/h5-12,15,17H,13-14H2,1-4H3,(H,22,23). The first-order valence-corrected chi connectivity index (χ1v) is 9.68. The molecule has 0 saturated carbocycles. The summed E-state index contributed by atoms with van der Waals surface area (Å²) in [5.41, 5.74) is 2.38. The second-order valence-electron chi connectivity index (χ2n) is 6.41. The van der Waals surface area contributed by atoms with Gasteiger partial charge in [0.25, 0.3) is 5.91 Å². The Hall–Kier alpha value is -1.94. The zero-order valence-corrected chi connectivity index (χ0v) is 16.2. The maximum atomic E-state index is 12.2. The number of benzene rings is 2. The molecule has 2 aromatic carbocycles. The van der Waals surface area contributed by atoms with E-state index in [1.807, 2.05) is 24.3 Å². The Labute approximate surface area is 155 Å². The molecule has 25 heavy (non-hydrogen) atoms. The van der Waals surface area contributed by atoms with Crippen molar-refractivity contribution in [2.75, 3.05) is 12.3 Å². The van der Waals surface area contributed by atoms with Crippen molar-refractivity contribution in [3.63, 3.8) is 0 Å². The highest BCUT2D eigenvalue weighted by molar-refractivity contribution is 7.99. The van der Waals surface area contributed by atoms with Crippen molar-refractivity contribution < 1.29 is 9.53 Å². The number of carbonyl (C=O) groups excluding carboxylic acids is 1. The number of hydrogen-bond donors (Lipinski definition) is 1. The molecule has 0 aliphatic rings. The van der Waals surface area contributed by atoms with Crippen molar-refractivity contribution in [3.05, 3.63) is 59.7 Å². The Morgan fingerprint density at radius 2 is 1.76 bits per heavy atom. The van der Waals surface area contributed by atoms with Crippen LogP contribution in [-0.2, 0) is 4.79 Å². The van der Waals surface area contributed by atoms with E-state index in [1.54, 1.807) is 18.7 Å². The summed E-state index contributed by atoms with van der Waals surface area (Å²) in [4.78, 5) is 13.5. The van der Waals surface area contributed by atoms with Crippen LogP contribution in [0.25, 0.3) is 0 Å². The quantitative estimate of drug-likeness (QED) is 0.545. The maximum absolute atomic E-state index is 12.2. The summed E-state index contributed by atoms with van der Waals surface area (Å²) >= 11 is 1.74. The summed E-state index contributed by atoms with van der Waals surface area (Å²) in [6, 6.07) is 16.3. The summed E-state index contributed by atoms with van der Waals surface area (Å²) in [6.07, 6.45) is -0.510. The van der Waals surface area contributed by atoms with Crippen LogP contribution in [0.5, 0.6) is 5.75 Å². The van der Waals surface area contributed by atoms with E-state index in [4.69, 9.17) is 4.74 Å². The molecule has 1 N–H and O–H groups in total. The lowest BCUT2D eigenvalue weighted by atomic mass is 10.0. The van der Waals surface area contributed by atoms with Gasteiger partial charge in [-0.3, -0.25) is 4.79 Å². The van der Waals surface area contributed by atoms with Gasteiger partial charge in [0, 0.05) is 17.2 Å². The molecule has 1 atom stereocenters. The van der Waals surface area contributed by atoms with E-state index in [0.29, 0.717) is 12.5 Å². The fourth-order valence-electron chi connectivity index (χ4n) is 2.43. The van der Waals surface area contributed by atoms with Crippen molar-refractivity contribution in [2.45, 2.75) is 44.6 Å². The van der Waals surface area contributed by atoms with Crippen molar-refractivity contribution in [1.82, 2.24) is 5.32 Å². The maximum Gasteiger partial charge on any atom is 0.260 e. The van der Waals surface area contributed by atoms with Crippen LogP contribution in [0.2, 0.25) is 0 Å². The smallest absolute Gasteiger partial charge is 0.260 e. The monoisotopic (exact) mass is 357 g/mol. The molecule has 0 fully saturated rings. The number of carbonyl (C=O) groups is 1. The van der Waals surface area contributed by atoms with E-state index in [0.717, 1.165) is 17.1 Å². The van der Waals surface area contributed by atoms with Crippen molar-refractivity contribution in [2.24, 2.45) is 0 Å². The van der Waals surface area contributed by atoms with Crippen LogP contribution in [0.1, 0.15) is 37.8 Å². The molecule has 1 unspecified atom stereocenters. The lowest BCUT2D eigenvalue weighted by molar-refractivity contribution is -0.127. The normalized spacial score (nSPS) is 12.0. The van der Waals surface area contributed by atoms with E-state index < -0.39 is 6.10 Å². The van der Waals surface area contributed by atoms with Gasteiger partial charge in [0.05, 0.1) is 0 Å². The molecule has 3 nitrogen and oxygen atoms in total. The third-order valence-corrected chi connectivity index (χ3v) is 4.92. The molecule has 1 amide bonds. The van der Waals surface area contributed by atoms with Gasteiger partial charge in [-0.05, 0) is 43.5 Å². The Bertz CT molecular complexity index is 683. The number of nitrogens with one attached hydrogen (secondary N) is 1.